The molecule has 1 aromatic rings. The number of hydrogen-bond donors (Lipinski definition) is 3. The molecule has 3 N–H and O–H groups in total. The third-order valence-electron chi connectivity index (χ3n) is 2.34. The summed E-state index contributed by atoms with van der Waals surface area (Å²) in [7, 11) is 0. The molecule has 0 aliphatic rings. The van der Waals surface area contributed by atoms with Crippen LogP contribution in [-0.4, -0.2) is 23.1 Å². The number of aliphatic carboxylic acids is 1. The maximum Gasteiger partial charge on any atom is 0.326 e. The molecule has 0 aliphatic carbocycles. The number of rotatable bonds is 4. The number of carbonyl (C=O) groups excluding carboxylic acids is 1. The van der Waals surface area contributed by atoms with Crippen LogP contribution < -0.4 is 10.6 Å². The van der Waals surface area contributed by atoms with Crippen molar-refractivity contribution in [2.24, 2.45) is 5.92 Å². The number of para-hydroxylation sites is 1. The number of benzene rings is 1. The molecule has 0 radical (unpaired) electrons. The monoisotopic (exact) mass is 270 g/mol. The first-order chi connectivity index (χ1) is 8.41. The maximum absolute atomic E-state index is 11.6. The summed E-state index contributed by atoms with van der Waals surface area (Å²) in [5, 5.41) is 14.2. The van der Waals surface area contributed by atoms with Crippen molar-refractivity contribution in [3.05, 3.63) is 29.3 Å². The molecule has 2 amide bonds. The Balaban J connectivity index is 2.67. The largest absolute Gasteiger partial charge is 0.480 e. The maximum atomic E-state index is 11.6. The normalized spacial score (nSPS) is 12.0. The van der Waals surface area contributed by atoms with E-state index in [1.165, 1.54) is 0 Å². The van der Waals surface area contributed by atoms with E-state index in [1.54, 1.807) is 38.1 Å². The summed E-state index contributed by atoms with van der Waals surface area (Å²) in [5.74, 6) is -1.28. The number of hydrogen-bond acceptors (Lipinski definition) is 2. The van der Waals surface area contributed by atoms with E-state index in [9.17, 15) is 9.59 Å². The zero-order valence-electron chi connectivity index (χ0n) is 10.1. The first kappa shape index (κ1) is 14.3. The van der Waals surface area contributed by atoms with Crippen molar-refractivity contribution in [1.29, 1.82) is 0 Å². The minimum atomic E-state index is -1.07. The molecule has 0 saturated carbocycles. The minimum Gasteiger partial charge on any atom is -0.480 e. The fraction of sp³-hybridized carbons (Fsp3) is 0.333. The lowest BCUT2D eigenvalue weighted by Crippen LogP contribution is -2.46. The van der Waals surface area contributed by atoms with Gasteiger partial charge in [0, 0.05) is 0 Å². The molecule has 98 valence electrons. The Morgan fingerprint density at radius 2 is 1.89 bits per heavy atom. The highest BCUT2D eigenvalue weighted by Crippen LogP contribution is 2.20. The van der Waals surface area contributed by atoms with Crippen LogP contribution in [0, 0.1) is 5.92 Å². The van der Waals surface area contributed by atoms with Gasteiger partial charge in [-0.3, -0.25) is 0 Å². The van der Waals surface area contributed by atoms with E-state index in [4.69, 9.17) is 16.7 Å². The number of anilines is 1. The fourth-order valence-corrected chi connectivity index (χ4v) is 1.56. The van der Waals surface area contributed by atoms with Gasteiger partial charge in [-0.05, 0) is 18.1 Å². The van der Waals surface area contributed by atoms with Gasteiger partial charge >= 0.3 is 12.0 Å². The van der Waals surface area contributed by atoms with E-state index < -0.39 is 18.0 Å². The standard InChI is InChI=1S/C12H15ClN2O3/c1-7(2)10(11(16)17)15-12(18)14-9-6-4-3-5-8(9)13/h3-7,10H,1-2H3,(H,16,17)(H2,14,15,18). The highest BCUT2D eigenvalue weighted by atomic mass is 35.5. The predicted octanol–water partition coefficient (Wildman–Crippen LogP) is 2.57. The van der Waals surface area contributed by atoms with E-state index in [0.717, 1.165) is 0 Å². The summed E-state index contributed by atoms with van der Waals surface area (Å²) >= 11 is 5.87. The van der Waals surface area contributed by atoms with Gasteiger partial charge < -0.3 is 15.7 Å². The molecular weight excluding hydrogens is 256 g/mol. The third-order valence-corrected chi connectivity index (χ3v) is 2.67. The highest BCUT2D eigenvalue weighted by Gasteiger charge is 2.23. The van der Waals surface area contributed by atoms with E-state index in [0.29, 0.717) is 10.7 Å². The number of halogens is 1. The molecule has 0 saturated heterocycles. The molecule has 6 heteroatoms. The van der Waals surface area contributed by atoms with Gasteiger partial charge in [0.2, 0.25) is 0 Å². The zero-order valence-corrected chi connectivity index (χ0v) is 10.9. The number of carbonyl (C=O) groups is 2. The second-order valence-corrected chi connectivity index (χ2v) is 4.55. The molecule has 1 atom stereocenters. The van der Waals surface area contributed by atoms with Crippen LogP contribution in [0.2, 0.25) is 5.02 Å². The predicted molar refractivity (Wildman–Crippen MR) is 69.9 cm³/mol. The second-order valence-electron chi connectivity index (χ2n) is 4.14. The van der Waals surface area contributed by atoms with Crippen LogP contribution in [-0.2, 0) is 4.79 Å². The molecule has 0 spiro atoms. The van der Waals surface area contributed by atoms with Crippen LogP contribution in [0.15, 0.2) is 24.3 Å². The van der Waals surface area contributed by atoms with Crippen LogP contribution in [0.3, 0.4) is 0 Å². The van der Waals surface area contributed by atoms with Crippen LogP contribution in [0.25, 0.3) is 0 Å². The lowest BCUT2D eigenvalue weighted by atomic mass is 10.1. The van der Waals surface area contributed by atoms with Gasteiger partial charge in [0.15, 0.2) is 0 Å². The van der Waals surface area contributed by atoms with E-state index in [1.807, 2.05) is 0 Å². The van der Waals surface area contributed by atoms with Crippen LogP contribution in [0.1, 0.15) is 13.8 Å². The Morgan fingerprint density at radius 1 is 1.28 bits per heavy atom. The molecular formula is C12H15ClN2O3. The lowest BCUT2D eigenvalue weighted by Gasteiger charge is -2.18. The number of carboxylic acid groups (broad SMARTS) is 1. The Morgan fingerprint density at radius 3 is 2.39 bits per heavy atom. The molecule has 0 fully saturated rings. The topological polar surface area (TPSA) is 78.4 Å². The Kier molecular flexibility index (Phi) is 4.97. The quantitative estimate of drug-likeness (QED) is 0.787. The number of nitrogens with one attached hydrogen (secondary N) is 2. The Bertz CT molecular complexity index is 449. The number of amides is 2. The van der Waals surface area contributed by atoms with Crippen molar-refractivity contribution in [3.8, 4) is 0 Å². The van der Waals surface area contributed by atoms with E-state index in [2.05, 4.69) is 10.6 Å². The summed E-state index contributed by atoms with van der Waals surface area (Å²) in [5.41, 5.74) is 0.435. The molecule has 1 rings (SSSR count). The molecule has 0 bridgehead atoms. The molecule has 18 heavy (non-hydrogen) atoms. The zero-order chi connectivity index (χ0) is 13.7. The number of carboxylic acids is 1. The van der Waals surface area contributed by atoms with Crippen molar-refractivity contribution in [2.45, 2.75) is 19.9 Å². The summed E-state index contributed by atoms with van der Waals surface area (Å²) in [6.45, 7) is 3.43. The van der Waals surface area contributed by atoms with E-state index in [-0.39, 0.29) is 5.92 Å². The van der Waals surface area contributed by atoms with Crippen LogP contribution >= 0.6 is 11.6 Å². The van der Waals surface area contributed by atoms with Gasteiger partial charge in [0.05, 0.1) is 10.7 Å². The summed E-state index contributed by atoms with van der Waals surface area (Å²) in [6.07, 6.45) is 0. The van der Waals surface area contributed by atoms with Crippen LogP contribution in [0.4, 0.5) is 10.5 Å². The van der Waals surface area contributed by atoms with Crippen molar-refractivity contribution in [1.82, 2.24) is 5.32 Å². The molecule has 0 heterocycles. The first-order valence-corrected chi connectivity index (χ1v) is 5.84. The first-order valence-electron chi connectivity index (χ1n) is 5.46. The number of urea groups is 1. The highest BCUT2D eigenvalue weighted by molar-refractivity contribution is 6.33. The molecule has 1 unspecified atom stereocenters. The lowest BCUT2D eigenvalue weighted by molar-refractivity contribution is -0.140. The molecule has 0 aromatic heterocycles. The average molecular weight is 271 g/mol. The van der Waals surface area contributed by atoms with E-state index >= 15 is 0 Å². The average Bonchev–Trinajstić information content (AvgIpc) is 2.28. The van der Waals surface area contributed by atoms with Gasteiger partial charge in [-0.1, -0.05) is 37.6 Å². The second kappa shape index (κ2) is 6.26. The van der Waals surface area contributed by atoms with Crippen molar-refractivity contribution < 1.29 is 14.7 Å². The van der Waals surface area contributed by atoms with Gasteiger partial charge in [-0.2, -0.15) is 0 Å². The minimum absolute atomic E-state index is 0.209. The summed E-state index contributed by atoms with van der Waals surface area (Å²) in [6, 6.07) is 5.19. The van der Waals surface area contributed by atoms with Crippen LogP contribution in [0.5, 0.6) is 0 Å². The smallest absolute Gasteiger partial charge is 0.326 e. The SMILES string of the molecule is CC(C)C(NC(=O)Nc1ccccc1Cl)C(=O)O. The summed E-state index contributed by atoms with van der Waals surface area (Å²) < 4.78 is 0. The molecule has 0 aliphatic heterocycles. The fourth-order valence-electron chi connectivity index (χ4n) is 1.38. The third kappa shape index (κ3) is 3.92. The van der Waals surface area contributed by atoms with Crippen molar-refractivity contribution in [3.63, 3.8) is 0 Å². The van der Waals surface area contributed by atoms with Gasteiger partial charge in [0.1, 0.15) is 6.04 Å². The summed E-state index contributed by atoms with van der Waals surface area (Å²) in [4.78, 5) is 22.6. The Hall–Kier alpha value is -1.75. The molecule has 1 aromatic carbocycles. The van der Waals surface area contributed by atoms with Gasteiger partial charge in [-0.25, -0.2) is 9.59 Å². The van der Waals surface area contributed by atoms with Crippen molar-refractivity contribution >= 4 is 29.3 Å². The van der Waals surface area contributed by atoms with Gasteiger partial charge in [0.25, 0.3) is 0 Å². The van der Waals surface area contributed by atoms with Gasteiger partial charge in [-0.15, -0.1) is 0 Å². The Labute approximate surface area is 110 Å². The van der Waals surface area contributed by atoms with Crippen molar-refractivity contribution in [2.75, 3.05) is 5.32 Å². The molecule has 5 nitrogen and oxygen atoms in total.